The fourth-order valence-corrected chi connectivity index (χ4v) is 3.22. The smallest absolute Gasteiger partial charge is 0.257 e. The largest absolute Gasteiger partial charge is 0.454 e. The number of halogens is 1. The van der Waals surface area contributed by atoms with Crippen molar-refractivity contribution in [2.24, 2.45) is 0 Å². The summed E-state index contributed by atoms with van der Waals surface area (Å²) in [5, 5.41) is 1.28. The minimum absolute atomic E-state index is 0.0781. The molecule has 0 spiro atoms. The van der Waals surface area contributed by atoms with E-state index in [1.807, 2.05) is 10.8 Å². The first-order valence-electron chi connectivity index (χ1n) is 7.50. The van der Waals surface area contributed by atoms with Crippen molar-refractivity contribution in [1.82, 2.24) is 4.72 Å². The zero-order valence-corrected chi connectivity index (χ0v) is 15.0. The number of sulfonamides is 1. The number of nitrogens with one attached hydrogen (secondary N) is 1. The molecule has 134 valence electrons. The van der Waals surface area contributed by atoms with Crippen molar-refractivity contribution in [2.45, 2.75) is 0 Å². The molecule has 0 saturated heterocycles. The van der Waals surface area contributed by atoms with Gasteiger partial charge in [0.25, 0.3) is 15.9 Å². The highest BCUT2D eigenvalue weighted by Crippen LogP contribution is 2.40. The molecule has 0 aromatic heterocycles. The van der Waals surface area contributed by atoms with Crippen LogP contribution in [-0.2, 0) is 14.8 Å². The van der Waals surface area contributed by atoms with Crippen molar-refractivity contribution in [2.75, 3.05) is 6.79 Å². The number of hydrogen-bond donors (Lipinski definition) is 1. The Hall–Kier alpha value is -2.77. The van der Waals surface area contributed by atoms with Gasteiger partial charge in [0.05, 0.1) is 10.4 Å². The molecule has 1 aliphatic rings. The van der Waals surface area contributed by atoms with Crippen LogP contribution in [0.5, 0.6) is 11.5 Å². The SMILES string of the molecule is O=C(/C=C/c1cc(Cl)c2c(c1)OCO2)NS(=O)(=O)/C=C\c1ccccc1. The lowest BCUT2D eigenvalue weighted by atomic mass is 10.2. The van der Waals surface area contributed by atoms with E-state index >= 15 is 0 Å². The molecule has 0 radical (unpaired) electrons. The van der Waals surface area contributed by atoms with E-state index in [1.54, 1.807) is 36.4 Å². The first kappa shape index (κ1) is 18.0. The van der Waals surface area contributed by atoms with Crippen LogP contribution >= 0.6 is 11.6 Å². The summed E-state index contributed by atoms with van der Waals surface area (Å²) >= 11 is 6.05. The van der Waals surface area contributed by atoms with Crippen molar-refractivity contribution in [3.8, 4) is 11.5 Å². The zero-order valence-electron chi connectivity index (χ0n) is 13.4. The molecule has 0 aliphatic carbocycles. The summed E-state index contributed by atoms with van der Waals surface area (Å²) in [5.41, 5.74) is 1.28. The van der Waals surface area contributed by atoms with Gasteiger partial charge in [0.1, 0.15) is 0 Å². The monoisotopic (exact) mass is 391 g/mol. The van der Waals surface area contributed by atoms with Crippen molar-refractivity contribution in [3.05, 3.63) is 70.1 Å². The second-order valence-electron chi connectivity index (χ2n) is 5.29. The van der Waals surface area contributed by atoms with Crippen molar-refractivity contribution >= 4 is 39.7 Å². The highest BCUT2D eigenvalue weighted by Gasteiger charge is 2.17. The van der Waals surface area contributed by atoms with Crippen LogP contribution in [-0.4, -0.2) is 21.1 Å². The number of hydrogen-bond acceptors (Lipinski definition) is 5. The molecule has 8 heteroatoms. The second kappa shape index (κ2) is 7.63. The maximum Gasteiger partial charge on any atom is 0.257 e. The molecule has 0 saturated carbocycles. The molecule has 1 heterocycles. The molecule has 26 heavy (non-hydrogen) atoms. The first-order valence-corrected chi connectivity index (χ1v) is 9.42. The van der Waals surface area contributed by atoms with E-state index in [2.05, 4.69) is 0 Å². The normalized spacial score (nSPS) is 13.4. The molecular formula is C18H14ClNO5S. The Morgan fingerprint density at radius 1 is 1.08 bits per heavy atom. The van der Waals surface area contributed by atoms with Crippen LogP contribution in [0.15, 0.2) is 53.9 Å². The number of rotatable bonds is 5. The van der Waals surface area contributed by atoms with Crippen LogP contribution in [0, 0.1) is 0 Å². The van der Waals surface area contributed by atoms with Crippen LogP contribution in [0.4, 0.5) is 0 Å². The van der Waals surface area contributed by atoms with Crippen LogP contribution in [0.3, 0.4) is 0 Å². The van der Waals surface area contributed by atoms with Gasteiger partial charge < -0.3 is 9.47 Å². The van der Waals surface area contributed by atoms with Gasteiger partial charge in [-0.15, -0.1) is 0 Å². The zero-order chi connectivity index (χ0) is 18.6. The van der Waals surface area contributed by atoms with Crippen molar-refractivity contribution < 1.29 is 22.7 Å². The Labute approximate surface area is 155 Å². The lowest BCUT2D eigenvalue weighted by molar-refractivity contribution is -0.114. The molecule has 0 unspecified atom stereocenters. The highest BCUT2D eigenvalue weighted by molar-refractivity contribution is 7.93. The molecule has 0 bridgehead atoms. The van der Waals surface area contributed by atoms with E-state index in [0.717, 1.165) is 11.5 Å². The third kappa shape index (κ3) is 4.65. The molecular weight excluding hydrogens is 378 g/mol. The Bertz CT molecular complexity index is 984. The van der Waals surface area contributed by atoms with Crippen molar-refractivity contribution in [1.29, 1.82) is 0 Å². The Balaban J connectivity index is 1.66. The molecule has 2 aromatic carbocycles. The molecule has 1 amide bonds. The van der Waals surface area contributed by atoms with E-state index in [9.17, 15) is 13.2 Å². The van der Waals surface area contributed by atoms with Gasteiger partial charge in [0.15, 0.2) is 11.5 Å². The maximum atomic E-state index is 11.9. The van der Waals surface area contributed by atoms with Gasteiger partial charge in [0, 0.05) is 6.08 Å². The average Bonchev–Trinajstić information content (AvgIpc) is 3.08. The van der Waals surface area contributed by atoms with Crippen LogP contribution in [0.25, 0.3) is 12.2 Å². The van der Waals surface area contributed by atoms with Gasteiger partial charge in [-0.25, -0.2) is 13.1 Å². The summed E-state index contributed by atoms with van der Waals surface area (Å²) < 4.78 is 36.2. The summed E-state index contributed by atoms with van der Waals surface area (Å²) in [6.07, 6.45) is 3.93. The number of carbonyl (C=O) groups is 1. The minimum Gasteiger partial charge on any atom is -0.454 e. The van der Waals surface area contributed by atoms with Gasteiger partial charge in [-0.3, -0.25) is 4.79 Å². The standard InChI is InChI=1S/C18H14ClNO5S/c19-15-10-14(11-16-18(15)25-12-24-16)6-7-17(21)20-26(22,23)9-8-13-4-2-1-3-5-13/h1-11H,12H2,(H,20,21)/b7-6+,9-8-. The lowest BCUT2D eigenvalue weighted by Crippen LogP contribution is -2.26. The van der Waals surface area contributed by atoms with Gasteiger partial charge >= 0.3 is 0 Å². The molecule has 0 atom stereocenters. The predicted molar refractivity (Wildman–Crippen MR) is 99.1 cm³/mol. The van der Waals surface area contributed by atoms with Crippen LogP contribution in [0.2, 0.25) is 5.02 Å². The molecule has 1 aliphatic heterocycles. The number of ether oxygens (including phenoxy) is 2. The third-order valence-corrected chi connectivity index (χ3v) is 4.62. The fraction of sp³-hybridized carbons (Fsp3) is 0.0556. The van der Waals surface area contributed by atoms with E-state index < -0.39 is 15.9 Å². The van der Waals surface area contributed by atoms with Gasteiger partial charge in [-0.05, 0) is 35.4 Å². The fourth-order valence-electron chi connectivity index (χ4n) is 2.20. The summed E-state index contributed by atoms with van der Waals surface area (Å²) in [6.45, 7) is 0.0781. The first-order chi connectivity index (χ1) is 12.4. The second-order valence-corrected chi connectivity index (χ2v) is 7.27. The number of fused-ring (bicyclic) bond motifs is 1. The topological polar surface area (TPSA) is 81.7 Å². The Morgan fingerprint density at radius 2 is 1.85 bits per heavy atom. The summed E-state index contributed by atoms with van der Waals surface area (Å²) in [4.78, 5) is 11.9. The molecule has 2 aromatic rings. The van der Waals surface area contributed by atoms with Gasteiger partial charge in [0.2, 0.25) is 6.79 Å². The van der Waals surface area contributed by atoms with Gasteiger partial charge in [-0.1, -0.05) is 41.9 Å². The number of amides is 1. The lowest BCUT2D eigenvalue weighted by Gasteiger charge is -2.02. The number of benzene rings is 2. The molecule has 3 rings (SSSR count). The van der Waals surface area contributed by atoms with Crippen LogP contribution < -0.4 is 14.2 Å². The molecule has 0 fully saturated rings. The van der Waals surface area contributed by atoms with E-state index in [0.29, 0.717) is 27.6 Å². The number of carbonyl (C=O) groups excluding carboxylic acids is 1. The molecule has 1 N–H and O–H groups in total. The maximum absolute atomic E-state index is 11.9. The molecule has 6 nitrogen and oxygen atoms in total. The van der Waals surface area contributed by atoms with Gasteiger partial charge in [-0.2, -0.15) is 0 Å². The summed E-state index contributed by atoms with van der Waals surface area (Å²) in [5.74, 6) is 0.134. The Morgan fingerprint density at radius 3 is 2.62 bits per heavy atom. The third-order valence-electron chi connectivity index (χ3n) is 3.36. The van der Waals surface area contributed by atoms with Crippen molar-refractivity contribution in [3.63, 3.8) is 0 Å². The quantitative estimate of drug-likeness (QED) is 0.791. The predicted octanol–water partition coefficient (Wildman–Crippen LogP) is 3.20. The summed E-state index contributed by atoms with van der Waals surface area (Å²) in [7, 11) is -3.90. The Kier molecular flexibility index (Phi) is 5.29. The summed E-state index contributed by atoms with van der Waals surface area (Å²) in [6, 6.07) is 12.1. The average molecular weight is 392 g/mol. The van der Waals surface area contributed by atoms with E-state index in [-0.39, 0.29) is 6.79 Å². The van der Waals surface area contributed by atoms with Crippen LogP contribution in [0.1, 0.15) is 11.1 Å². The van der Waals surface area contributed by atoms with E-state index in [1.165, 1.54) is 12.2 Å². The van der Waals surface area contributed by atoms with E-state index in [4.69, 9.17) is 21.1 Å². The minimum atomic E-state index is -3.90. The highest BCUT2D eigenvalue weighted by atomic mass is 35.5.